The van der Waals surface area contributed by atoms with Gasteiger partial charge in [0.1, 0.15) is 10.6 Å². The normalized spacial score (nSPS) is 14.1. The van der Waals surface area contributed by atoms with Gasteiger partial charge < -0.3 is 15.0 Å². The number of nitrogens with zero attached hydrogens (tertiary/aromatic N) is 5. The zero-order chi connectivity index (χ0) is 26.7. The van der Waals surface area contributed by atoms with Crippen molar-refractivity contribution in [3.05, 3.63) is 72.6 Å². The van der Waals surface area contributed by atoms with Gasteiger partial charge in [-0.1, -0.05) is 38.1 Å². The predicted octanol–water partition coefficient (Wildman–Crippen LogP) is 4.00. The van der Waals surface area contributed by atoms with Crippen LogP contribution in [0.3, 0.4) is 0 Å². The molecule has 38 heavy (non-hydrogen) atoms. The molecule has 10 nitrogen and oxygen atoms in total. The summed E-state index contributed by atoms with van der Waals surface area (Å²) in [5.74, 6) is 0.968. The van der Waals surface area contributed by atoms with Crippen molar-refractivity contribution in [2.75, 3.05) is 35.8 Å². The maximum Gasteiger partial charge on any atom is 0.267 e. The van der Waals surface area contributed by atoms with Gasteiger partial charge in [-0.3, -0.25) is 4.68 Å². The van der Waals surface area contributed by atoms with Gasteiger partial charge >= 0.3 is 0 Å². The molecule has 1 fully saturated rings. The lowest BCUT2D eigenvalue weighted by molar-refractivity contribution is 0.463. The van der Waals surface area contributed by atoms with Crippen molar-refractivity contribution in [3.63, 3.8) is 0 Å². The highest BCUT2D eigenvalue weighted by molar-refractivity contribution is 7.92. The first-order chi connectivity index (χ1) is 18.3. The Hall–Kier alpha value is -3.96. The summed E-state index contributed by atoms with van der Waals surface area (Å²) in [6, 6.07) is 17.4. The quantitative estimate of drug-likeness (QED) is 0.349. The molecule has 2 aromatic heterocycles. The van der Waals surface area contributed by atoms with E-state index in [1.165, 1.54) is 17.1 Å². The molecule has 2 N–H and O–H groups in total. The maximum atomic E-state index is 13.0. The van der Waals surface area contributed by atoms with E-state index in [4.69, 9.17) is 4.74 Å². The first-order valence-electron chi connectivity index (χ1n) is 12.5. The van der Waals surface area contributed by atoms with Gasteiger partial charge in [0.2, 0.25) is 11.8 Å². The van der Waals surface area contributed by atoms with E-state index in [0.717, 1.165) is 43.0 Å². The predicted molar refractivity (Wildman–Crippen MR) is 147 cm³/mol. The number of sulfonamides is 1. The number of benzene rings is 2. The summed E-state index contributed by atoms with van der Waals surface area (Å²) < 4.78 is 36.0. The Balaban J connectivity index is 1.49. The van der Waals surface area contributed by atoms with Crippen LogP contribution in [0.5, 0.6) is 11.6 Å². The van der Waals surface area contributed by atoms with Gasteiger partial charge in [-0.05, 0) is 35.7 Å². The molecule has 1 aliphatic rings. The number of aryl methyl sites for hydroxylation is 1. The molecule has 11 heteroatoms. The molecule has 3 heterocycles. The fourth-order valence-electron chi connectivity index (χ4n) is 4.38. The Morgan fingerprint density at radius 2 is 1.76 bits per heavy atom. The average molecular weight is 534 g/mol. The van der Waals surface area contributed by atoms with Crippen LogP contribution >= 0.6 is 0 Å². The van der Waals surface area contributed by atoms with E-state index in [0.29, 0.717) is 11.4 Å². The topological polar surface area (TPSA) is 114 Å². The molecule has 0 saturated carbocycles. The number of piperazine rings is 1. The minimum absolute atomic E-state index is 0.0163. The van der Waals surface area contributed by atoms with Crippen LogP contribution in [0, 0.1) is 0 Å². The van der Waals surface area contributed by atoms with E-state index in [1.807, 2.05) is 48.5 Å². The van der Waals surface area contributed by atoms with Crippen molar-refractivity contribution in [2.45, 2.75) is 24.7 Å². The lowest BCUT2D eigenvalue weighted by atomic mass is 9.95. The minimum atomic E-state index is -3.95. The molecule has 0 aliphatic carbocycles. The molecule has 0 atom stereocenters. The summed E-state index contributed by atoms with van der Waals surface area (Å²) >= 11 is 0. The molecule has 198 valence electrons. The summed E-state index contributed by atoms with van der Waals surface area (Å²) in [6.07, 6.45) is 2.69. The zero-order valence-electron chi connectivity index (χ0n) is 21.6. The largest absolute Gasteiger partial charge is 0.439 e. The number of aromatic nitrogens is 4. The summed E-state index contributed by atoms with van der Waals surface area (Å²) in [5, 5.41) is 7.32. The van der Waals surface area contributed by atoms with Gasteiger partial charge in [-0.2, -0.15) is 10.1 Å². The first kappa shape index (κ1) is 25.7. The Morgan fingerprint density at radius 1 is 1.03 bits per heavy atom. The van der Waals surface area contributed by atoms with E-state index < -0.39 is 10.0 Å². The van der Waals surface area contributed by atoms with Gasteiger partial charge in [-0.25, -0.2) is 18.1 Å². The van der Waals surface area contributed by atoms with Crippen molar-refractivity contribution in [2.24, 2.45) is 7.05 Å². The Kier molecular flexibility index (Phi) is 7.30. The number of anilines is 2. The molecule has 1 aliphatic heterocycles. The highest BCUT2D eigenvalue weighted by atomic mass is 32.2. The van der Waals surface area contributed by atoms with E-state index in [1.54, 1.807) is 13.1 Å². The molecule has 4 aromatic rings. The van der Waals surface area contributed by atoms with E-state index in [9.17, 15) is 8.42 Å². The van der Waals surface area contributed by atoms with Crippen LogP contribution in [-0.2, 0) is 17.1 Å². The number of rotatable bonds is 8. The third-order valence-electron chi connectivity index (χ3n) is 6.32. The van der Waals surface area contributed by atoms with E-state index >= 15 is 0 Å². The first-order valence-corrected chi connectivity index (χ1v) is 14.0. The molecule has 0 spiro atoms. The lowest BCUT2D eigenvalue weighted by Gasteiger charge is -2.29. The second-order valence-corrected chi connectivity index (χ2v) is 11.1. The standard InChI is InChI=1S/C27H31N7O3S/c1-19(2)23-6-4-5-7-24(23)25-16-26(31-27(30-25)32-38(35,36)22-17-29-33(3)18-22)37-21-10-8-20(9-11-21)34-14-12-28-13-15-34/h4-11,16-19,28H,12-15H2,1-3H3,(H,30,31,32). The SMILES string of the molecule is CC(C)c1ccccc1-c1cc(Oc2ccc(N3CCNCC3)cc2)nc(NS(=O)(=O)c2cnn(C)c2)n1. The Morgan fingerprint density at radius 3 is 2.45 bits per heavy atom. The van der Waals surface area contributed by atoms with Crippen LogP contribution < -0.4 is 19.7 Å². The third-order valence-corrected chi connectivity index (χ3v) is 7.60. The van der Waals surface area contributed by atoms with Crippen molar-refractivity contribution in [1.29, 1.82) is 0 Å². The number of nitrogens with one attached hydrogen (secondary N) is 2. The molecular formula is C27H31N7O3S. The molecule has 5 rings (SSSR count). The zero-order valence-corrected chi connectivity index (χ0v) is 22.4. The molecule has 0 bridgehead atoms. The van der Waals surface area contributed by atoms with E-state index in [2.05, 4.69) is 43.9 Å². The monoisotopic (exact) mass is 533 g/mol. The second-order valence-electron chi connectivity index (χ2n) is 9.45. The van der Waals surface area contributed by atoms with Gasteiger partial charge in [0.25, 0.3) is 10.0 Å². The number of hydrogen-bond donors (Lipinski definition) is 2. The fraction of sp³-hybridized carbons (Fsp3) is 0.296. The Labute approximate surface area is 222 Å². The van der Waals surface area contributed by atoms with Crippen LogP contribution in [0.1, 0.15) is 25.3 Å². The molecule has 0 unspecified atom stereocenters. The molecule has 0 amide bonds. The van der Waals surface area contributed by atoms with Crippen LogP contribution in [0.2, 0.25) is 0 Å². The van der Waals surface area contributed by atoms with Gasteiger partial charge in [0.05, 0.1) is 11.9 Å². The van der Waals surface area contributed by atoms with Gasteiger partial charge in [-0.15, -0.1) is 0 Å². The molecule has 2 aromatic carbocycles. The van der Waals surface area contributed by atoms with Gasteiger partial charge in [0, 0.05) is 56.7 Å². The van der Waals surface area contributed by atoms with Crippen LogP contribution in [-0.4, -0.2) is 54.3 Å². The summed E-state index contributed by atoms with van der Waals surface area (Å²) in [6.45, 7) is 8.01. The van der Waals surface area contributed by atoms with Crippen LogP contribution in [0.4, 0.5) is 11.6 Å². The number of ether oxygens (including phenoxy) is 1. The maximum absolute atomic E-state index is 13.0. The highest BCUT2D eigenvalue weighted by Crippen LogP contribution is 2.32. The summed E-state index contributed by atoms with van der Waals surface area (Å²) in [4.78, 5) is 11.3. The van der Waals surface area contributed by atoms with Crippen molar-refractivity contribution < 1.29 is 13.2 Å². The minimum Gasteiger partial charge on any atom is -0.439 e. The smallest absolute Gasteiger partial charge is 0.267 e. The van der Waals surface area contributed by atoms with Crippen LogP contribution in [0.15, 0.2) is 71.9 Å². The second kappa shape index (κ2) is 10.8. The summed E-state index contributed by atoms with van der Waals surface area (Å²) in [7, 11) is -2.30. The third kappa shape index (κ3) is 5.79. The van der Waals surface area contributed by atoms with Crippen molar-refractivity contribution in [1.82, 2.24) is 25.1 Å². The van der Waals surface area contributed by atoms with Gasteiger partial charge in [0.15, 0.2) is 0 Å². The highest BCUT2D eigenvalue weighted by Gasteiger charge is 2.20. The molecular weight excluding hydrogens is 502 g/mol. The Bertz CT molecular complexity index is 1510. The number of hydrogen-bond acceptors (Lipinski definition) is 8. The van der Waals surface area contributed by atoms with Crippen molar-refractivity contribution in [3.8, 4) is 22.9 Å². The molecule has 1 saturated heterocycles. The van der Waals surface area contributed by atoms with Crippen LogP contribution in [0.25, 0.3) is 11.3 Å². The fourth-order valence-corrected chi connectivity index (χ4v) is 5.31. The average Bonchev–Trinajstić information content (AvgIpc) is 3.36. The summed E-state index contributed by atoms with van der Waals surface area (Å²) in [5.41, 5.74) is 3.64. The van der Waals surface area contributed by atoms with Crippen molar-refractivity contribution >= 4 is 21.7 Å². The lowest BCUT2D eigenvalue weighted by Crippen LogP contribution is -2.43. The molecule has 0 radical (unpaired) electrons. The van der Waals surface area contributed by atoms with E-state index in [-0.39, 0.29) is 22.6 Å².